The zero-order valence-electron chi connectivity index (χ0n) is 20.2. The number of anilines is 2. The lowest BCUT2D eigenvalue weighted by molar-refractivity contribution is -0.114. The van der Waals surface area contributed by atoms with Crippen LogP contribution in [0.5, 0.6) is 0 Å². The normalized spacial score (nSPS) is 11.1. The maximum absolute atomic E-state index is 12.9. The minimum atomic E-state index is -0.533. The summed E-state index contributed by atoms with van der Waals surface area (Å²) in [5, 5.41) is 8.02. The Kier molecular flexibility index (Phi) is 6.40. The van der Waals surface area contributed by atoms with E-state index in [9.17, 15) is 9.59 Å². The molecule has 0 bridgehead atoms. The molecular weight excluding hydrogens is 454 g/mol. The van der Waals surface area contributed by atoms with Gasteiger partial charge in [-0.15, -0.1) is 0 Å². The number of amides is 1. The van der Waals surface area contributed by atoms with Gasteiger partial charge in [-0.25, -0.2) is 9.78 Å². The Morgan fingerprint density at radius 1 is 1.06 bits per heavy atom. The lowest BCUT2D eigenvalue weighted by Crippen LogP contribution is -2.16. The Morgan fingerprint density at radius 3 is 2.61 bits per heavy atom. The number of pyridine rings is 1. The molecule has 36 heavy (non-hydrogen) atoms. The highest BCUT2D eigenvalue weighted by molar-refractivity contribution is 6.11. The molecule has 0 unspecified atom stereocenters. The van der Waals surface area contributed by atoms with Gasteiger partial charge in [-0.1, -0.05) is 48.5 Å². The first-order valence-electron chi connectivity index (χ1n) is 11.8. The van der Waals surface area contributed by atoms with Crippen molar-refractivity contribution in [2.75, 3.05) is 17.7 Å². The number of aryl methyl sites for hydroxylation is 2. The van der Waals surface area contributed by atoms with Crippen LogP contribution in [-0.4, -0.2) is 33.5 Å². The molecule has 0 aliphatic carbocycles. The average molecular weight is 482 g/mol. The number of para-hydroxylation sites is 1. The number of carbonyl (C=O) groups excluding carboxylic acids is 2. The van der Waals surface area contributed by atoms with Crippen molar-refractivity contribution < 1.29 is 14.3 Å². The number of benzene rings is 2. The SMILES string of the molecule is COC(=O)c1c(NC(C)=O)c2cc(NCc3ccccc3)cnc2n1CCc1c[nH]c2ccccc12. The van der Waals surface area contributed by atoms with E-state index in [0.717, 1.165) is 27.7 Å². The van der Waals surface area contributed by atoms with E-state index in [1.807, 2.05) is 65.4 Å². The smallest absolute Gasteiger partial charge is 0.356 e. The summed E-state index contributed by atoms with van der Waals surface area (Å²) in [5.74, 6) is -0.812. The van der Waals surface area contributed by atoms with Crippen LogP contribution in [0.15, 0.2) is 73.1 Å². The van der Waals surface area contributed by atoms with Gasteiger partial charge >= 0.3 is 5.97 Å². The summed E-state index contributed by atoms with van der Waals surface area (Å²) in [5.41, 5.74) is 5.38. The molecule has 0 spiro atoms. The fraction of sp³-hybridized carbons (Fsp3) is 0.179. The summed E-state index contributed by atoms with van der Waals surface area (Å²) in [7, 11) is 1.34. The van der Waals surface area contributed by atoms with Gasteiger partial charge in [-0.2, -0.15) is 0 Å². The highest BCUT2D eigenvalue weighted by Gasteiger charge is 2.25. The maximum atomic E-state index is 12.9. The fourth-order valence-electron chi connectivity index (χ4n) is 4.52. The average Bonchev–Trinajstić information content (AvgIpc) is 3.44. The second-order valence-corrected chi connectivity index (χ2v) is 8.59. The standard InChI is InChI=1S/C28H27N5O3/c1-18(34)32-25-23-14-21(29-15-19-8-4-3-5-9-19)17-31-27(23)33(26(25)28(35)36-2)13-12-20-16-30-24-11-7-6-10-22(20)24/h3-11,14,16-17,29-30H,12-13,15H2,1-2H3,(H,32,34). The van der Waals surface area contributed by atoms with Crippen LogP contribution in [-0.2, 0) is 29.0 Å². The lowest BCUT2D eigenvalue weighted by atomic mass is 10.1. The molecule has 0 fully saturated rings. The number of ether oxygens (including phenoxy) is 1. The van der Waals surface area contributed by atoms with Gasteiger partial charge in [0.1, 0.15) is 5.65 Å². The lowest BCUT2D eigenvalue weighted by Gasteiger charge is -2.10. The second-order valence-electron chi connectivity index (χ2n) is 8.59. The highest BCUT2D eigenvalue weighted by atomic mass is 16.5. The molecule has 0 saturated carbocycles. The molecule has 3 N–H and O–H groups in total. The molecule has 5 aromatic rings. The minimum absolute atomic E-state index is 0.273. The van der Waals surface area contributed by atoms with Gasteiger partial charge in [0.2, 0.25) is 5.91 Å². The number of rotatable bonds is 8. The molecule has 182 valence electrons. The number of nitrogens with zero attached hydrogens (tertiary/aromatic N) is 2. The van der Waals surface area contributed by atoms with Gasteiger partial charge in [-0.3, -0.25) is 4.79 Å². The maximum Gasteiger partial charge on any atom is 0.356 e. The molecule has 0 atom stereocenters. The summed E-state index contributed by atoms with van der Waals surface area (Å²) in [6, 6.07) is 20.0. The summed E-state index contributed by atoms with van der Waals surface area (Å²) >= 11 is 0. The van der Waals surface area contributed by atoms with Crippen LogP contribution in [0, 0.1) is 0 Å². The number of aromatic nitrogens is 3. The number of fused-ring (bicyclic) bond motifs is 2. The quantitative estimate of drug-likeness (QED) is 0.267. The first-order valence-corrected chi connectivity index (χ1v) is 11.8. The molecule has 0 saturated heterocycles. The third kappa shape index (κ3) is 4.53. The van der Waals surface area contributed by atoms with Crippen LogP contribution in [0.1, 0.15) is 28.5 Å². The highest BCUT2D eigenvalue weighted by Crippen LogP contribution is 2.33. The largest absolute Gasteiger partial charge is 0.464 e. The first kappa shape index (κ1) is 23.2. The van der Waals surface area contributed by atoms with Gasteiger partial charge in [0.25, 0.3) is 0 Å². The van der Waals surface area contributed by atoms with Gasteiger partial charge in [0.05, 0.1) is 24.7 Å². The topological polar surface area (TPSA) is 101 Å². The van der Waals surface area contributed by atoms with E-state index in [1.165, 1.54) is 14.0 Å². The number of nitrogens with one attached hydrogen (secondary N) is 3. The van der Waals surface area contributed by atoms with Crippen molar-refractivity contribution in [2.45, 2.75) is 26.4 Å². The second kappa shape index (κ2) is 9.95. The van der Waals surface area contributed by atoms with Crippen molar-refractivity contribution in [1.82, 2.24) is 14.5 Å². The minimum Gasteiger partial charge on any atom is -0.464 e. The zero-order valence-corrected chi connectivity index (χ0v) is 20.2. The summed E-state index contributed by atoms with van der Waals surface area (Å²) in [6.07, 6.45) is 4.39. The van der Waals surface area contributed by atoms with Gasteiger partial charge in [0.15, 0.2) is 5.69 Å². The molecule has 0 aliphatic heterocycles. The van der Waals surface area contributed by atoms with Crippen LogP contribution in [0.25, 0.3) is 21.9 Å². The van der Waals surface area contributed by atoms with Crippen molar-refractivity contribution in [3.63, 3.8) is 0 Å². The Balaban J connectivity index is 1.55. The molecule has 5 rings (SSSR count). The Morgan fingerprint density at radius 2 is 1.83 bits per heavy atom. The van der Waals surface area contributed by atoms with Crippen molar-refractivity contribution >= 4 is 45.2 Å². The van der Waals surface area contributed by atoms with Crippen molar-refractivity contribution in [3.8, 4) is 0 Å². The molecule has 8 nitrogen and oxygen atoms in total. The molecule has 2 aromatic carbocycles. The van der Waals surface area contributed by atoms with Crippen LogP contribution in [0.4, 0.5) is 11.4 Å². The number of aromatic amines is 1. The third-order valence-electron chi connectivity index (χ3n) is 6.20. The number of hydrogen-bond acceptors (Lipinski definition) is 5. The predicted octanol–water partition coefficient (Wildman–Crippen LogP) is 5.12. The summed E-state index contributed by atoms with van der Waals surface area (Å²) in [4.78, 5) is 33.0. The summed E-state index contributed by atoms with van der Waals surface area (Å²) in [6.45, 7) is 2.52. The van der Waals surface area contributed by atoms with E-state index in [2.05, 4.69) is 21.7 Å². The van der Waals surface area contributed by atoms with Gasteiger partial charge in [0, 0.05) is 42.5 Å². The van der Waals surface area contributed by atoms with Crippen molar-refractivity contribution in [1.29, 1.82) is 0 Å². The van der Waals surface area contributed by atoms with E-state index in [-0.39, 0.29) is 11.6 Å². The molecule has 0 aliphatic rings. The van der Waals surface area contributed by atoms with E-state index in [0.29, 0.717) is 36.2 Å². The van der Waals surface area contributed by atoms with Gasteiger partial charge in [-0.05, 0) is 29.7 Å². The van der Waals surface area contributed by atoms with E-state index < -0.39 is 5.97 Å². The Bertz CT molecular complexity index is 1550. The van der Waals surface area contributed by atoms with Gasteiger partial charge < -0.3 is 24.9 Å². The zero-order chi connectivity index (χ0) is 25.1. The third-order valence-corrected chi connectivity index (χ3v) is 6.20. The van der Waals surface area contributed by atoms with E-state index >= 15 is 0 Å². The molecule has 1 amide bonds. The van der Waals surface area contributed by atoms with E-state index in [1.54, 1.807) is 6.20 Å². The summed E-state index contributed by atoms with van der Waals surface area (Å²) < 4.78 is 6.94. The van der Waals surface area contributed by atoms with Crippen LogP contribution >= 0.6 is 0 Å². The molecule has 0 radical (unpaired) electrons. The Hall–Kier alpha value is -4.59. The molecule has 3 aromatic heterocycles. The fourth-order valence-corrected chi connectivity index (χ4v) is 4.52. The number of esters is 1. The number of methoxy groups -OCH3 is 1. The number of H-pyrrole nitrogens is 1. The van der Waals surface area contributed by atoms with Crippen LogP contribution in [0.3, 0.4) is 0 Å². The Labute approximate surface area is 208 Å². The first-order chi connectivity index (χ1) is 17.5. The molecule has 3 heterocycles. The molecule has 8 heteroatoms. The predicted molar refractivity (Wildman–Crippen MR) is 141 cm³/mol. The number of carbonyl (C=O) groups is 2. The van der Waals surface area contributed by atoms with Crippen molar-refractivity contribution in [2.24, 2.45) is 0 Å². The molecular formula is C28H27N5O3. The van der Waals surface area contributed by atoms with E-state index in [4.69, 9.17) is 9.72 Å². The van der Waals surface area contributed by atoms with Crippen LogP contribution < -0.4 is 10.6 Å². The number of hydrogen-bond donors (Lipinski definition) is 3. The van der Waals surface area contributed by atoms with Crippen LogP contribution in [0.2, 0.25) is 0 Å². The van der Waals surface area contributed by atoms with Crippen molar-refractivity contribution in [3.05, 3.63) is 89.9 Å². The monoisotopic (exact) mass is 481 g/mol.